The summed E-state index contributed by atoms with van der Waals surface area (Å²) in [5.74, 6) is -0.693. The molecule has 0 aliphatic carbocycles. The summed E-state index contributed by atoms with van der Waals surface area (Å²) in [5.41, 5.74) is 4.44. The Morgan fingerprint density at radius 2 is 1.61 bits per heavy atom. The third-order valence-corrected chi connectivity index (χ3v) is 4.55. The quantitative estimate of drug-likeness (QED) is 0.796. The Morgan fingerprint density at radius 1 is 1.00 bits per heavy atom. The van der Waals surface area contributed by atoms with E-state index in [1.165, 1.54) is 11.0 Å². The molecule has 0 aliphatic rings. The van der Waals surface area contributed by atoms with E-state index in [4.69, 9.17) is 0 Å². The Labute approximate surface area is 166 Å². The zero-order valence-corrected chi connectivity index (χ0v) is 17.2. The summed E-state index contributed by atoms with van der Waals surface area (Å²) in [6.45, 7) is 6.29. The van der Waals surface area contributed by atoms with Crippen LogP contribution in [0.15, 0.2) is 36.4 Å². The van der Waals surface area contributed by atoms with E-state index in [0.29, 0.717) is 5.56 Å². The highest BCUT2D eigenvalue weighted by atomic mass is 19.1. The number of rotatable bonds is 7. The normalized spacial score (nSPS) is 10.8. The van der Waals surface area contributed by atoms with E-state index in [2.05, 4.69) is 5.32 Å². The second-order valence-electron chi connectivity index (χ2n) is 7.34. The summed E-state index contributed by atoms with van der Waals surface area (Å²) in [7, 11) is 3.34. The summed E-state index contributed by atoms with van der Waals surface area (Å²) in [4.78, 5) is 27.9. The van der Waals surface area contributed by atoms with E-state index in [-0.39, 0.29) is 37.3 Å². The van der Waals surface area contributed by atoms with E-state index in [0.717, 1.165) is 22.4 Å². The number of carbonyl (C=O) groups is 2. The lowest BCUT2D eigenvalue weighted by atomic mass is 10.1. The van der Waals surface area contributed by atoms with Crippen LogP contribution >= 0.6 is 0 Å². The van der Waals surface area contributed by atoms with Crippen LogP contribution < -0.4 is 5.32 Å². The molecule has 28 heavy (non-hydrogen) atoms. The van der Waals surface area contributed by atoms with Gasteiger partial charge in [-0.15, -0.1) is 0 Å². The van der Waals surface area contributed by atoms with Gasteiger partial charge < -0.3 is 10.2 Å². The molecule has 6 heteroatoms. The van der Waals surface area contributed by atoms with E-state index >= 15 is 0 Å². The molecule has 0 bridgehead atoms. The van der Waals surface area contributed by atoms with Crippen molar-refractivity contribution >= 4 is 17.5 Å². The Bertz CT molecular complexity index is 844. The predicted molar refractivity (Wildman–Crippen MR) is 110 cm³/mol. The smallest absolute Gasteiger partial charge is 0.238 e. The van der Waals surface area contributed by atoms with E-state index < -0.39 is 0 Å². The summed E-state index contributed by atoms with van der Waals surface area (Å²) in [6.07, 6.45) is 0. The molecule has 2 amide bonds. The summed E-state index contributed by atoms with van der Waals surface area (Å²) >= 11 is 0. The molecule has 0 radical (unpaired) electrons. The van der Waals surface area contributed by atoms with Crippen LogP contribution in [-0.2, 0) is 16.1 Å². The lowest BCUT2D eigenvalue weighted by Gasteiger charge is -2.22. The maximum Gasteiger partial charge on any atom is 0.238 e. The molecular formula is C22H28FN3O2. The van der Waals surface area contributed by atoms with Crippen molar-refractivity contribution in [1.82, 2.24) is 9.80 Å². The second kappa shape index (κ2) is 9.46. The van der Waals surface area contributed by atoms with Crippen molar-refractivity contribution in [1.29, 1.82) is 0 Å². The fourth-order valence-corrected chi connectivity index (χ4v) is 3.18. The molecule has 2 aromatic carbocycles. The molecule has 150 valence electrons. The van der Waals surface area contributed by atoms with Crippen molar-refractivity contribution in [3.63, 3.8) is 0 Å². The minimum absolute atomic E-state index is 0.0736. The van der Waals surface area contributed by atoms with Crippen molar-refractivity contribution in [2.75, 3.05) is 32.5 Å². The highest BCUT2D eigenvalue weighted by molar-refractivity contribution is 5.94. The average Bonchev–Trinajstić information content (AvgIpc) is 2.59. The molecule has 0 atom stereocenters. The number of carbonyl (C=O) groups excluding carboxylic acids is 2. The molecule has 0 saturated carbocycles. The van der Waals surface area contributed by atoms with Crippen LogP contribution in [0.25, 0.3) is 0 Å². The first kappa shape index (κ1) is 21.6. The molecule has 0 spiro atoms. The molecule has 0 aromatic heterocycles. The van der Waals surface area contributed by atoms with Gasteiger partial charge in [-0.3, -0.25) is 14.5 Å². The number of likely N-dealkylation sites (N-methyl/N-ethyl adjacent to an activating group) is 2. The first-order chi connectivity index (χ1) is 13.2. The number of nitrogens with one attached hydrogen (secondary N) is 1. The number of anilines is 1. The van der Waals surface area contributed by atoms with E-state index in [1.807, 2.05) is 32.9 Å². The second-order valence-corrected chi connectivity index (χ2v) is 7.34. The van der Waals surface area contributed by atoms with Crippen LogP contribution in [0, 0.1) is 26.6 Å². The number of benzene rings is 2. The van der Waals surface area contributed by atoms with Crippen molar-refractivity contribution in [3.05, 3.63) is 64.5 Å². The van der Waals surface area contributed by atoms with Crippen LogP contribution in [0.2, 0.25) is 0 Å². The fraction of sp³-hybridized carbons (Fsp3) is 0.364. The average molecular weight is 385 g/mol. The molecule has 2 rings (SSSR count). The van der Waals surface area contributed by atoms with Crippen LogP contribution in [0.1, 0.15) is 22.3 Å². The molecule has 0 heterocycles. The lowest BCUT2D eigenvalue weighted by molar-refractivity contribution is -0.131. The Morgan fingerprint density at radius 3 is 2.21 bits per heavy atom. The van der Waals surface area contributed by atoms with Gasteiger partial charge in [0, 0.05) is 24.8 Å². The highest BCUT2D eigenvalue weighted by Crippen LogP contribution is 2.21. The third-order valence-electron chi connectivity index (χ3n) is 4.55. The molecule has 0 aliphatic heterocycles. The zero-order valence-electron chi connectivity index (χ0n) is 17.2. The molecular weight excluding hydrogens is 357 g/mol. The van der Waals surface area contributed by atoms with Gasteiger partial charge >= 0.3 is 0 Å². The largest absolute Gasteiger partial charge is 0.340 e. The highest BCUT2D eigenvalue weighted by Gasteiger charge is 2.16. The number of nitrogens with zero attached hydrogens (tertiary/aromatic N) is 2. The van der Waals surface area contributed by atoms with Gasteiger partial charge in [-0.25, -0.2) is 4.39 Å². The van der Waals surface area contributed by atoms with E-state index in [9.17, 15) is 14.0 Å². The number of hydrogen-bond acceptors (Lipinski definition) is 3. The van der Waals surface area contributed by atoms with Gasteiger partial charge in [-0.1, -0.05) is 35.9 Å². The van der Waals surface area contributed by atoms with Crippen LogP contribution in [0.3, 0.4) is 0 Å². The lowest BCUT2D eigenvalue weighted by Crippen LogP contribution is -2.39. The van der Waals surface area contributed by atoms with E-state index in [1.54, 1.807) is 37.2 Å². The Balaban J connectivity index is 1.89. The van der Waals surface area contributed by atoms with Crippen LogP contribution in [-0.4, -0.2) is 48.8 Å². The molecule has 1 N–H and O–H groups in total. The molecule has 0 fully saturated rings. The molecule has 0 saturated heterocycles. The van der Waals surface area contributed by atoms with Gasteiger partial charge in [-0.05, 0) is 45.0 Å². The van der Waals surface area contributed by atoms with Gasteiger partial charge in [0.15, 0.2) is 0 Å². The predicted octanol–water partition coefficient (Wildman–Crippen LogP) is 3.28. The zero-order chi connectivity index (χ0) is 20.8. The first-order valence-corrected chi connectivity index (χ1v) is 9.21. The van der Waals surface area contributed by atoms with Gasteiger partial charge in [0.25, 0.3) is 0 Å². The summed E-state index contributed by atoms with van der Waals surface area (Å²) in [5, 5.41) is 2.93. The van der Waals surface area contributed by atoms with Crippen molar-refractivity contribution < 1.29 is 14.0 Å². The van der Waals surface area contributed by atoms with Crippen molar-refractivity contribution in [3.8, 4) is 0 Å². The number of halogens is 1. The fourth-order valence-electron chi connectivity index (χ4n) is 3.18. The molecule has 2 aromatic rings. The number of hydrogen-bond donors (Lipinski definition) is 1. The maximum atomic E-state index is 13.7. The number of amides is 2. The minimum atomic E-state index is -0.335. The van der Waals surface area contributed by atoms with Crippen LogP contribution in [0.5, 0.6) is 0 Å². The number of aryl methyl sites for hydroxylation is 3. The third kappa shape index (κ3) is 5.89. The summed E-state index contributed by atoms with van der Waals surface area (Å²) in [6, 6.07) is 10.4. The van der Waals surface area contributed by atoms with Crippen molar-refractivity contribution in [2.24, 2.45) is 0 Å². The standard InChI is InChI=1S/C22H28FN3O2/c1-15-10-16(2)22(17(3)11-15)24-20(27)13-25(4)14-21(28)26(5)12-18-8-6-7-9-19(18)23/h6-11H,12-14H2,1-5H3,(H,24,27). The monoisotopic (exact) mass is 385 g/mol. The summed E-state index contributed by atoms with van der Waals surface area (Å²) < 4.78 is 13.7. The Hall–Kier alpha value is -2.73. The van der Waals surface area contributed by atoms with Crippen molar-refractivity contribution in [2.45, 2.75) is 27.3 Å². The topological polar surface area (TPSA) is 52.7 Å². The van der Waals surface area contributed by atoms with Crippen LogP contribution in [0.4, 0.5) is 10.1 Å². The van der Waals surface area contributed by atoms with Gasteiger partial charge in [0.05, 0.1) is 13.1 Å². The maximum absolute atomic E-state index is 13.7. The molecule has 5 nitrogen and oxygen atoms in total. The first-order valence-electron chi connectivity index (χ1n) is 9.21. The van der Waals surface area contributed by atoms with Gasteiger partial charge in [0.2, 0.25) is 11.8 Å². The Kier molecular flexibility index (Phi) is 7.29. The van der Waals surface area contributed by atoms with Gasteiger partial charge in [0.1, 0.15) is 5.82 Å². The van der Waals surface area contributed by atoms with Gasteiger partial charge in [-0.2, -0.15) is 0 Å². The minimum Gasteiger partial charge on any atom is -0.340 e. The SMILES string of the molecule is Cc1cc(C)c(NC(=O)CN(C)CC(=O)N(C)Cc2ccccc2F)c(C)c1. The molecule has 0 unspecified atom stereocenters.